The van der Waals surface area contributed by atoms with Crippen LogP contribution in [0.4, 0.5) is 0 Å². The number of halogens is 1. The molecule has 3 rings (SSSR count). The highest BCUT2D eigenvalue weighted by atomic mass is 35.5. The third-order valence-corrected chi connectivity index (χ3v) is 4.46. The van der Waals surface area contributed by atoms with E-state index in [4.69, 9.17) is 30.9 Å². The molecule has 136 valence electrons. The molecule has 1 aromatic carbocycles. The van der Waals surface area contributed by atoms with Gasteiger partial charge in [-0.2, -0.15) is 0 Å². The minimum atomic E-state index is -0.953. The maximum absolute atomic E-state index is 12.9. The van der Waals surface area contributed by atoms with Gasteiger partial charge in [0.1, 0.15) is 13.2 Å². The largest absolute Gasteiger partial charge is 0.486 e. The summed E-state index contributed by atoms with van der Waals surface area (Å²) in [5, 5.41) is 9.25. The van der Waals surface area contributed by atoms with Crippen LogP contribution in [0.1, 0.15) is 29.6 Å². The molecule has 0 spiro atoms. The summed E-state index contributed by atoms with van der Waals surface area (Å²) in [6, 6.07) is 3.12. The summed E-state index contributed by atoms with van der Waals surface area (Å²) in [7, 11) is 0. The Bertz CT molecular complexity index is 659. The minimum Gasteiger partial charge on any atom is -0.486 e. The lowest BCUT2D eigenvalue weighted by Crippen LogP contribution is -2.38. The van der Waals surface area contributed by atoms with Crippen molar-refractivity contribution in [3.05, 3.63) is 22.7 Å². The fourth-order valence-corrected chi connectivity index (χ4v) is 3.22. The summed E-state index contributed by atoms with van der Waals surface area (Å²) >= 11 is 6.20. The monoisotopic (exact) mass is 369 g/mol. The summed E-state index contributed by atoms with van der Waals surface area (Å²) in [4.78, 5) is 25.3. The van der Waals surface area contributed by atoms with Gasteiger partial charge in [-0.3, -0.25) is 9.59 Å². The summed E-state index contributed by atoms with van der Waals surface area (Å²) < 4.78 is 16.5. The molecule has 0 saturated carbocycles. The number of hydrogen-bond acceptors (Lipinski definition) is 5. The van der Waals surface area contributed by atoms with Crippen LogP contribution in [0.15, 0.2) is 12.1 Å². The number of carboxylic acid groups (broad SMARTS) is 1. The van der Waals surface area contributed by atoms with Crippen molar-refractivity contribution in [2.75, 3.05) is 32.9 Å². The van der Waals surface area contributed by atoms with Crippen molar-refractivity contribution in [3.8, 4) is 11.5 Å². The van der Waals surface area contributed by atoms with E-state index < -0.39 is 5.97 Å². The highest BCUT2D eigenvalue weighted by Gasteiger charge is 2.26. The third kappa shape index (κ3) is 4.35. The van der Waals surface area contributed by atoms with Gasteiger partial charge in [0.15, 0.2) is 11.5 Å². The smallest absolute Gasteiger partial charge is 0.305 e. The van der Waals surface area contributed by atoms with Gasteiger partial charge in [-0.15, -0.1) is 0 Å². The van der Waals surface area contributed by atoms with E-state index in [0.717, 1.165) is 12.8 Å². The average Bonchev–Trinajstić information content (AvgIpc) is 3.11. The Morgan fingerprint density at radius 3 is 2.76 bits per heavy atom. The van der Waals surface area contributed by atoms with Gasteiger partial charge in [-0.1, -0.05) is 11.6 Å². The summed E-state index contributed by atoms with van der Waals surface area (Å²) in [6.07, 6.45) is 1.61. The second-order valence-corrected chi connectivity index (χ2v) is 6.42. The zero-order valence-corrected chi connectivity index (χ0v) is 14.5. The van der Waals surface area contributed by atoms with Crippen molar-refractivity contribution in [1.82, 2.24) is 4.90 Å². The van der Waals surface area contributed by atoms with Crippen molar-refractivity contribution < 1.29 is 28.9 Å². The molecule has 2 aliphatic heterocycles. The maximum atomic E-state index is 12.9. The number of nitrogens with zero attached hydrogens (tertiary/aromatic N) is 1. The Hall–Kier alpha value is -1.99. The molecule has 7 nitrogen and oxygen atoms in total. The fourth-order valence-electron chi connectivity index (χ4n) is 2.96. The number of carboxylic acids is 1. The number of benzene rings is 1. The highest BCUT2D eigenvalue weighted by Crippen LogP contribution is 2.38. The van der Waals surface area contributed by atoms with E-state index in [0.29, 0.717) is 48.5 Å². The second-order valence-electron chi connectivity index (χ2n) is 6.01. The fraction of sp³-hybridized carbons (Fsp3) is 0.529. The van der Waals surface area contributed by atoms with Gasteiger partial charge < -0.3 is 24.2 Å². The van der Waals surface area contributed by atoms with Crippen molar-refractivity contribution in [2.45, 2.75) is 25.4 Å². The number of fused-ring (bicyclic) bond motifs is 1. The molecule has 0 aliphatic carbocycles. The Morgan fingerprint density at radius 2 is 2.04 bits per heavy atom. The molecule has 0 bridgehead atoms. The Morgan fingerprint density at radius 1 is 1.24 bits per heavy atom. The molecular weight excluding hydrogens is 350 g/mol. The first-order valence-corrected chi connectivity index (χ1v) is 8.64. The molecule has 0 unspecified atom stereocenters. The molecule has 2 aliphatic rings. The molecule has 8 heteroatoms. The lowest BCUT2D eigenvalue weighted by molar-refractivity contribution is -0.137. The van der Waals surface area contributed by atoms with Crippen LogP contribution < -0.4 is 9.47 Å². The van der Waals surface area contributed by atoms with E-state index in [1.54, 1.807) is 6.07 Å². The summed E-state index contributed by atoms with van der Waals surface area (Å²) in [5.74, 6) is -0.390. The normalized spacial score (nSPS) is 18.8. The highest BCUT2D eigenvalue weighted by molar-refractivity contribution is 6.32. The molecule has 1 fully saturated rings. The quantitative estimate of drug-likeness (QED) is 0.827. The van der Waals surface area contributed by atoms with Crippen molar-refractivity contribution in [1.29, 1.82) is 0 Å². The van der Waals surface area contributed by atoms with Crippen LogP contribution in [0.3, 0.4) is 0 Å². The van der Waals surface area contributed by atoms with Gasteiger partial charge in [0, 0.05) is 25.3 Å². The van der Waals surface area contributed by atoms with Gasteiger partial charge in [0.2, 0.25) is 0 Å². The van der Waals surface area contributed by atoms with Crippen LogP contribution in [0.25, 0.3) is 0 Å². The van der Waals surface area contributed by atoms with E-state index in [1.807, 2.05) is 0 Å². The number of amides is 1. The zero-order chi connectivity index (χ0) is 17.8. The molecule has 2 heterocycles. The SMILES string of the molecule is O=C(O)CCN(C[C@H]1CCCO1)C(=O)c1cc(Cl)c2c(c1)OCCO2. The van der Waals surface area contributed by atoms with E-state index in [9.17, 15) is 9.59 Å². The third-order valence-electron chi connectivity index (χ3n) is 4.17. The van der Waals surface area contributed by atoms with Gasteiger partial charge in [-0.05, 0) is 25.0 Å². The second kappa shape index (κ2) is 7.93. The van der Waals surface area contributed by atoms with Crippen molar-refractivity contribution in [3.63, 3.8) is 0 Å². The van der Waals surface area contributed by atoms with Gasteiger partial charge in [0.25, 0.3) is 5.91 Å². The van der Waals surface area contributed by atoms with Crippen LogP contribution >= 0.6 is 11.6 Å². The summed E-state index contributed by atoms with van der Waals surface area (Å²) in [5.41, 5.74) is 0.345. The number of aliphatic carboxylic acids is 1. The molecular formula is C17H20ClNO6. The maximum Gasteiger partial charge on any atom is 0.305 e. The van der Waals surface area contributed by atoms with E-state index >= 15 is 0 Å². The molecule has 0 radical (unpaired) electrons. The lowest BCUT2D eigenvalue weighted by Gasteiger charge is -2.26. The molecule has 1 amide bonds. The number of ether oxygens (including phenoxy) is 3. The Balaban J connectivity index is 1.80. The molecule has 1 atom stereocenters. The van der Waals surface area contributed by atoms with Crippen LogP contribution in [0.2, 0.25) is 5.02 Å². The molecule has 25 heavy (non-hydrogen) atoms. The standard InChI is InChI=1S/C17H20ClNO6/c18-13-8-11(9-14-16(13)25-7-6-24-14)17(22)19(4-3-15(20)21)10-12-2-1-5-23-12/h8-9,12H,1-7,10H2,(H,20,21)/t12-/m1/s1. The number of carbonyl (C=O) groups excluding carboxylic acids is 1. The van der Waals surface area contributed by atoms with Crippen LogP contribution in [0.5, 0.6) is 11.5 Å². The average molecular weight is 370 g/mol. The Kier molecular flexibility index (Phi) is 5.65. The molecule has 1 saturated heterocycles. The van der Waals surface area contributed by atoms with Crippen molar-refractivity contribution in [2.24, 2.45) is 0 Å². The topological polar surface area (TPSA) is 85.3 Å². The van der Waals surface area contributed by atoms with Crippen LogP contribution in [-0.2, 0) is 9.53 Å². The van der Waals surface area contributed by atoms with E-state index in [1.165, 1.54) is 11.0 Å². The first-order valence-electron chi connectivity index (χ1n) is 8.26. The first kappa shape index (κ1) is 17.8. The number of rotatable bonds is 6. The van der Waals surface area contributed by atoms with Crippen LogP contribution in [0, 0.1) is 0 Å². The van der Waals surface area contributed by atoms with E-state index in [2.05, 4.69) is 0 Å². The number of carbonyl (C=O) groups is 2. The zero-order valence-electron chi connectivity index (χ0n) is 13.7. The lowest BCUT2D eigenvalue weighted by atomic mass is 10.1. The molecule has 0 aromatic heterocycles. The molecule has 1 aromatic rings. The predicted molar refractivity (Wildman–Crippen MR) is 89.6 cm³/mol. The van der Waals surface area contributed by atoms with Gasteiger partial charge in [-0.25, -0.2) is 0 Å². The Labute approximate surface area is 150 Å². The van der Waals surface area contributed by atoms with Crippen LogP contribution in [-0.4, -0.2) is 60.9 Å². The van der Waals surface area contributed by atoms with E-state index in [-0.39, 0.29) is 25.0 Å². The van der Waals surface area contributed by atoms with Crippen molar-refractivity contribution >= 4 is 23.5 Å². The minimum absolute atomic E-state index is 0.0644. The molecule has 1 N–H and O–H groups in total. The first-order chi connectivity index (χ1) is 12.0. The predicted octanol–water partition coefficient (Wildman–Crippen LogP) is 2.21. The van der Waals surface area contributed by atoms with Gasteiger partial charge >= 0.3 is 5.97 Å². The summed E-state index contributed by atoms with van der Waals surface area (Å²) in [6.45, 7) is 1.93. The number of hydrogen-bond donors (Lipinski definition) is 1. The van der Waals surface area contributed by atoms with Gasteiger partial charge in [0.05, 0.1) is 17.5 Å².